The van der Waals surface area contributed by atoms with Crippen LogP contribution in [0.25, 0.3) is 0 Å². The minimum Gasteiger partial charge on any atom is -0.335 e. The Morgan fingerprint density at radius 3 is 2.74 bits per heavy atom. The first kappa shape index (κ1) is 16.0. The van der Waals surface area contributed by atoms with Crippen molar-refractivity contribution < 1.29 is 9.59 Å². The maximum Gasteiger partial charge on any atom is 0.242 e. The van der Waals surface area contributed by atoms with E-state index < -0.39 is 0 Å². The van der Waals surface area contributed by atoms with Crippen molar-refractivity contribution in [3.8, 4) is 0 Å². The van der Waals surface area contributed by atoms with Gasteiger partial charge >= 0.3 is 0 Å². The van der Waals surface area contributed by atoms with Gasteiger partial charge in [-0.1, -0.05) is 30.3 Å². The van der Waals surface area contributed by atoms with Gasteiger partial charge < -0.3 is 15.1 Å². The van der Waals surface area contributed by atoms with Crippen molar-refractivity contribution in [2.45, 2.75) is 25.8 Å². The highest BCUT2D eigenvalue weighted by Crippen LogP contribution is 2.19. The highest BCUT2D eigenvalue weighted by atomic mass is 16.2. The van der Waals surface area contributed by atoms with Gasteiger partial charge in [0, 0.05) is 25.6 Å². The zero-order valence-corrected chi connectivity index (χ0v) is 13.5. The van der Waals surface area contributed by atoms with Gasteiger partial charge in [0.2, 0.25) is 11.8 Å². The number of hydrogen-bond donors (Lipinski definition) is 1. The molecule has 0 aliphatic carbocycles. The van der Waals surface area contributed by atoms with Crippen LogP contribution >= 0.6 is 0 Å². The molecule has 1 N–H and O–H groups in total. The number of rotatable bonds is 3. The molecule has 0 saturated carbocycles. The second-order valence-corrected chi connectivity index (χ2v) is 6.44. The van der Waals surface area contributed by atoms with Gasteiger partial charge in [-0.15, -0.1) is 0 Å². The largest absolute Gasteiger partial charge is 0.335 e. The van der Waals surface area contributed by atoms with Crippen LogP contribution in [0.2, 0.25) is 0 Å². The summed E-state index contributed by atoms with van der Waals surface area (Å²) in [4.78, 5) is 28.6. The molecule has 1 aromatic carbocycles. The highest BCUT2D eigenvalue weighted by molar-refractivity contribution is 5.87. The Kier molecular flexibility index (Phi) is 5.28. The number of nitrogens with zero attached hydrogens (tertiary/aromatic N) is 2. The van der Waals surface area contributed by atoms with Crippen LogP contribution in [0.1, 0.15) is 24.8 Å². The van der Waals surface area contributed by atoms with Crippen molar-refractivity contribution in [1.82, 2.24) is 15.1 Å². The van der Waals surface area contributed by atoms with E-state index in [0.29, 0.717) is 19.6 Å². The van der Waals surface area contributed by atoms with Gasteiger partial charge in [0.1, 0.15) is 0 Å². The summed E-state index contributed by atoms with van der Waals surface area (Å²) in [5, 5.41) is 3.33. The third kappa shape index (κ3) is 4.10. The first-order chi connectivity index (χ1) is 11.2. The Balaban J connectivity index is 1.55. The van der Waals surface area contributed by atoms with Gasteiger partial charge in [-0.3, -0.25) is 9.59 Å². The molecule has 23 heavy (non-hydrogen) atoms. The summed E-state index contributed by atoms with van der Waals surface area (Å²) in [5.74, 6) is 0.306. The molecule has 2 saturated heterocycles. The third-order valence-corrected chi connectivity index (χ3v) is 4.77. The molecular formula is C18H25N3O2. The lowest BCUT2D eigenvalue weighted by molar-refractivity contribution is -0.148. The van der Waals surface area contributed by atoms with Crippen LogP contribution in [0.3, 0.4) is 0 Å². The molecule has 5 nitrogen and oxygen atoms in total. The molecule has 2 heterocycles. The molecule has 2 fully saturated rings. The minimum absolute atomic E-state index is 0.0557. The summed E-state index contributed by atoms with van der Waals surface area (Å²) in [6.07, 6.45) is 2.86. The molecule has 0 radical (unpaired) electrons. The standard InChI is InChI=1S/C18H25N3O2/c22-17-14-21(18(23)16-7-4-9-19-10-8-16)12-11-20(17)13-15-5-2-1-3-6-15/h1-3,5-6,16,19H,4,7-14H2/t16-/m1/s1. The van der Waals surface area contributed by atoms with Crippen LogP contribution in [-0.4, -0.2) is 54.3 Å². The second kappa shape index (κ2) is 7.59. The average Bonchev–Trinajstić information content (AvgIpc) is 2.86. The molecule has 2 amide bonds. The fourth-order valence-corrected chi connectivity index (χ4v) is 3.39. The number of hydrogen-bond acceptors (Lipinski definition) is 3. The van der Waals surface area contributed by atoms with Crippen LogP contribution in [0.4, 0.5) is 0 Å². The van der Waals surface area contributed by atoms with E-state index in [1.807, 2.05) is 35.2 Å². The van der Waals surface area contributed by atoms with Gasteiger partial charge in [0.05, 0.1) is 6.54 Å². The molecule has 1 atom stereocenters. The van der Waals surface area contributed by atoms with Crippen molar-refractivity contribution in [3.63, 3.8) is 0 Å². The number of nitrogens with one attached hydrogen (secondary N) is 1. The molecule has 1 aromatic rings. The fraction of sp³-hybridized carbons (Fsp3) is 0.556. The fourth-order valence-electron chi connectivity index (χ4n) is 3.39. The predicted molar refractivity (Wildman–Crippen MR) is 88.6 cm³/mol. The lowest BCUT2D eigenvalue weighted by Gasteiger charge is -2.36. The molecular weight excluding hydrogens is 290 g/mol. The normalized spacial score (nSPS) is 22.8. The second-order valence-electron chi connectivity index (χ2n) is 6.44. The van der Waals surface area contributed by atoms with Crippen molar-refractivity contribution >= 4 is 11.8 Å². The van der Waals surface area contributed by atoms with Crippen molar-refractivity contribution in [1.29, 1.82) is 0 Å². The monoisotopic (exact) mass is 315 g/mol. The van der Waals surface area contributed by atoms with Crippen molar-refractivity contribution in [2.24, 2.45) is 5.92 Å². The van der Waals surface area contributed by atoms with E-state index in [1.54, 1.807) is 4.90 Å². The van der Waals surface area contributed by atoms with Crippen molar-refractivity contribution in [3.05, 3.63) is 35.9 Å². The van der Waals surface area contributed by atoms with Crippen LogP contribution in [0.5, 0.6) is 0 Å². The third-order valence-electron chi connectivity index (χ3n) is 4.77. The van der Waals surface area contributed by atoms with Crippen molar-refractivity contribution in [2.75, 3.05) is 32.7 Å². The summed E-state index contributed by atoms with van der Waals surface area (Å²) < 4.78 is 0. The molecule has 2 aliphatic heterocycles. The quantitative estimate of drug-likeness (QED) is 0.913. The molecule has 0 unspecified atom stereocenters. The average molecular weight is 315 g/mol. The number of piperazine rings is 1. The topological polar surface area (TPSA) is 52.7 Å². The number of benzene rings is 1. The highest BCUT2D eigenvalue weighted by Gasteiger charge is 2.31. The molecule has 2 aliphatic rings. The lowest BCUT2D eigenvalue weighted by atomic mass is 9.98. The van der Waals surface area contributed by atoms with E-state index in [-0.39, 0.29) is 24.3 Å². The van der Waals surface area contributed by atoms with Crippen LogP contribution in [0, 0.1) is 5.92 Å². The summed E-state index contributed by atoms with van der Waals surface area (Å²) >= 11 is 0. The predicted octanol–water partition coefficient (Wildman–Crippen LogP) is 1.25. The summed E-state index contributed by atoms with van der Waals surface area (Å²) in [6.45, 7) is 4.04. The maximum atomic E-state index is 12.6. The van der Waals surface area contributed by atoms with E-state index in [0.717, 1.165) is 37.9 Å². The molecule has 0 spiro atoms. The minimum atomic E-state index is 0.0557. The lowest BCUT2D eigenvalue weighted by Crippen LogP contribution is -2.53. The van der Waals surface area contributed by atoms with E-state index in [9.17, 15) is 9.59 Å². The molecule has 3 rings (SSSR count). The van der Waals surface area contributed by atoms with Gasteiger partial charge in [-0.2, -0.15) is 0 Å². The van der Waals surface area contributed by atoms with Crippen LogP contribution < -0.4 is 5.32 Å². The molecule has 5 heteroatoms. The zero-order chi connectivity index (χ0) is 16.1. The van der Waals surface area contributed by atoms with E-state index in [1.165, 1.54) is 0 Å². The number of amides is 2. The molecule has 124 valence electrons. The number of carbonyl (C=O) groups excluding carboxylic acids is 2. The Hall–Kier alpha value is -1.88. The summed E-state index contributed by atoms with van der Waals surface area (Å²) in [5.41, 5.74) is 1.13. The van der Waals surface area contributed by atoms with Gasteiger partial charge in [-0.25, -0.2) is 0 Å². The maximum absolute atomic E-state index is 12.6. The van der Waals surface area contributed by atoms with Gasteiger partial charge in [0.25, 0.3) is 0 Å². The SMILES string of the molecule is O=C1CN(C(=O)[C@@H]2CCCNCC2)CCN1Cc1ccccc1. The smallest absolute Gasteiger partial charge is 0.242 e. The summed E-state index contributed by atoms with van der Waals surface area (Å²) in [7, 11) is 0. The molecule has 0 aromatic heterocycles. The van der Waals surface area contributed by atoms with Crippen LogP contribution in [-0.2, 0) is 16.1 Å². The van der Waals surface area contributed by atoms with E-state index in [4.69, 9.17) is 0 Å². The first-order valence-electron chi connectivity index (χ1n) is 8.55. The Labute approximate surface area is 137 Å². The zero-order valence-electron chi connectivity index (χ0n) is 13.5. The van der Waals surface area contributed by atoms with Crippen LogP contribution in [0.15, 0.2) is 30.3 Å². The van der Waals surface area contributed by atoms with E-state index >= 15 is 0 Å². The van der Waals surface area contributed by atoms with Gasteiger partial charge in [0.15, 0.2) is 0 Å². The molecule has 0 bridgehead atoms. The van der Waals surface area contributed by atoms with E-state index in [2.05, 4.69) is 5.32 Å². The Bertz CT molecular complexity index is 538. The van der Waals surface area contributed by atoms with Gasteiger partial charge in [-0.05, 0) is 37.9 Å². The summed E-state index contributed by atoms with van der Waals surface area (Å²) in [6, 6.07) is 10.0. The Morgan fingerprint density at radius 2 is 1.96 bits per heavy atom. The first-order valence-corrected chi connectivity index (χ1v) is 8.55. The Morgan fingerprint density at radius 1 is 1.13 bits per heavy atom. The number of carbonyl (C=O) groups is 2.